The van der Waals surface area contributed by atoms with Gasteiger partial charge in [0.25, 0.3) is 0 Å². The Labute approximate surface area is 208 Å². The van der Waals surface area contributed by atoms with E-state index in [1.807, 2.05) is 0 Å². The van der Waals surface area contributed by atoms with E-state index in [0.29, 0.717) is 6.07 Å². The van der Waals surface area contributed by atoms with Crippen molar-refractivity contribution in [1.82, 2.24) is 24.6 Å². The van der Waals surface area contributed by atoms with Crippen LogP contribution in [0.15, 0.2) is 36.7 Å². The zero-order valence-electron chi connectivity index (χ0n) is 20.2. The van der Waals surface area contributed by atoms with E-state index < -0.39 is 35.1 Å². The van der Waals surface area contributed by atoms with Crippen LogP contribution in [-0.2, 0) is 10.9 Å². The van der Waals surface area contributed by atoms with Crippen LogP contribution in [0, 0.1) is 11.6 Å². The molecule has 0 saturated carbocycles. The van der Waals surface area contributed by atoms with E-state index in [1.54, 1.807) is 25.7 Å². The molecule has 3 heterocycles. The zero-order valence-corrected chi connectivity index (χ0v) is 20.2. The average Bonchev–Trinajstić information content (AvgIpc) is 3.25. The van der Waals surface area contributed by atoms with Crippen LogP contribution in [0.5, 0.6) is 0 Å². The van der Waals surface area contributed by atoms with Crippen LogP contribution in [-0.4, -0.2) is 62.5 Å². The fourth-order valence-electron chi connectivity index (χ4n) is 3.58. The molecular weight excluding hydrogens is 501 g/mol. The van der Waals surface area contributed by atoms with Crippen molar-refractivity contribution >= 4 is 23.7 Å². The molecule has 198 valence electrons. The van der Waals surface area contributed by atoms with Gasteiger partial charge in [0.15, 0.2) is 0 Å². The molecule has 1 aliphatic heterocycles. The number of hydrogen-bond acceptors (Lipinski definition) is 7. The van der Waals surface area contributed by atoms with Crippen LogP contribution in [0.25, 0.3) is 5.69 Å². The Kier molecular flexibility index (Phi) is 6.93. The van der Waals surface area contributed by atoms with E-state index in [-0.39, 0.29) is 49.5 Å². The van der Waals surface area contributed by atoms with Crippen molar-refractivity contribution < 1.29 is 31.5 Å². The molecule has 1 fully saturated rings. The van der Waals surface area contributed by atoms with Gasteiger partial charge in [0, 0.05) is 32.2 Å². The van der Waals surface area contributed by atoms with Crippen molar-refractivity contribution in [2.75, 3.05) is 36.4 Å². The number of ether oxygens (including phenoxy) is 1. The van der Waals surface area contributed by atoms with Crippen molar-refractivity contribution in [2.24, 2.45) is 0 Å². The highest BCUT2D eigenvalue weighted by Crippen LogP contribution is 2.33. The lowest BCUT2D eigenvalue weighted by Gasteiger charge is -2.36. The quantitative estimate of drug-likeness (QED) is 0.492. The first-order valence-electron chi connectivity index (χ1n) is 11.2. The Morgan fingerprint density at radius 1 is 0.973 bits per heavy atom. The van der Waals surface area contributed by atoms with Crippen molar-refractivity contribution in [3.05, 3.63) is 53.9 Å². The number of carbonyl (C=O) groups excluding carboxylic acids is 1. The summed E-state index contributed by atoms with van der Waals surface area (Å²) >= 11 is 0. The number of carbonyl (C=O) groups is 1. The lowest BCUT2D eigenvalue weighted by molar-refractivity contribution is -0.137. The van der Waals surface area contributed by atoms with Crippen LogP contribution in [0.1, 0.15) is 26.3 Å². The smallest absolute Gasteiger partial charge is 0.416 e. The molecule has 1 N–H and O–H groups in total. The fraction of sp³-hybridized carbons (Fsp3) is 0.391. The van der Waals surface area contributed by atoms with Crippen LogP contribution in [0.3, 0.4) is 0 Å². The molecular formula is C23H24F5N7O2. The molecule has 0 radical (unpaired) electrons. The molecule has 9 nitrogen and oxygen atoms in total. The van der Waals surface area contributed by atoms with E-state index in [4.69, 9.17) is 4.74 Å². The van der Waals surface area contributed by atoms with Gasteiger partial charge in [-0.1, -0.05) is 0 Å². The molecule has 3 aromatic rings. The lowest BCUT2D eigenvalue weighted by atomic mass is 10.2. The lowest BCUT2D eigenvalue weighted by Crippen LogP contribution is -2.50. The van der Waals surface area contributed by atoms with Gasteiger partial charge in [-0.2, -0.15) is 18.2 Å². The van der Waals surface area contributed by atoms with E-state index in [2.05, 4.69) is 20.4 Å². The Hall–Kier alpha value is -3.97. The second-order valence-corrected chi connectivity index (χ2v) is 9.32. The van der Waals surface area contributed by atoms with Gasteiger partial charge in [0.05, 0.1) is 11.3 Å². The molecule has 4 rings (SSSR count). The minimum Gasteiger partial charge on any atom is -0.444 e. The molecule has 1 amide bonds. The number of nitrogens with zero attached hydrogens (tertiary/aromatic N) is 6. The maximum absolute atomic E-state index is 13.6. The summed E-state index contributed by atoms with van der Waals surface area (Å²) in [5.74, 6) is -1.90. The first-order valence-corrected chi connectivity index (χ1v) is 11.2. The molecule has 0 bridgehead atoms. The molecule has 37 heavy (non-hydrogen) atoms. The number of piperazine rings is 1. The van der Waals surface area contributed by atoms with Crippen molar-refractivity contribution in [2.45, 2.75) is 32.5 Å². The minimum absolute atomic E-state index is 0.0404. The zero-order chi connectivity index (χ0) is 27.0. The maximum atomic E-state index is 13.6. The predicted molar refractivity (Wildman–Crippen MR) is 124 cm³/mol. The summed E-state index contributed by atoms with van der Waals surface area (Å²) in [6.45, 7) is 6.21. The summed E-state index contributed by atoms with van der Waals surface area (Å²) in [6, 6.07) is 4.48. The van der Waals surface area contributed by atoms with E-state index in [0.717, 1.165) is 35.3 Å². The fourth-order valence-corrected chi connectivity index (χ4v) is 3.58. The molecule has 0 unspecified atom stereocenters. The standard InChI is InChI=1S/C23H24F5N7O2/c1-22(2,3)37-21(36)34-6-4-33(5-7-34)19-9-14(23(26,27)28)8-18(30-19)31-20-29-13-35(32-20)17-11-15(24)10-16(25)12-17/h8-13H,4-7H2,1-3H3,(H,30,31,32). The van der Waals surface area contributed by atoms with Gasteiger partial charge < -0.3 is 19.9 Å². The average molecular weight is 525 g/mol. The summed E-state index contributed by atoms with van der Waals surface area (Å²) in [7, 11) is 0. The van der Waals surface area contributed by atoms with Crippen LogP contribution in [0.2, 0.25) is 0 Å². The van der Waals surface area contributed by atoms with E-state index in [1.165, 1.54) is 4.90 Å². The summed E-state index contributed by atoms with van der Waals surface area (Å²) < 4.78 is 74.3. The number of alkyl halides is 3. The highest BCUT2D eigenvalue weighted by molar-refractivity contribution is 5.68. The van der Waals surface area contributed by atoms with Crippen LogP contribution < -0.4 is 10.2 Å². The number of amides is 1. The third kappa shape index (κ3) is 6.62. The predicted octanol–water partition coefficient (Wildman–Crippen LogP) is 4.76. The summed E-state index contributed by atoms with van der Waals surface area (Å²) in [5, 5.41) is 6.63. The van der Waals surface area contributed by atoms with Crippen LogP contribution in [0.4, 0.5) is 44.3 Å². The van der Waals surface area contributed by atoms with E-state index >= 15 is 0 Å². The van der Waals surface area contributed by atoms with Gasteiger partial charge in [-0.15, -0.1) is 5.10 Å². The van der Waals surface area contributed by atoms with Crippen molar-refractivity contribution in [3.8, 4) is 5.69 Å². The topological polar surface area (TPSA) is 88.4 Å². The number of nitrogens with one attached hydrogen (secondary N) is 1. The molecule has 0 atom stereocenters. The Balaban J connectivity index is 1.53. The number of pyridine rings is 1. The summed E-state index contributed by atoms with van der Waals surface area (Å²) in [6.07, 6.45) is -3.99. The molecule has 1 aromatic carbocycles. The highest BCUT2D eigenvalue weighted by Gasteiger charge is 2.33. The number of anilines is 3. The number of aromatic nitrogens is 4. The van der Waals surface area contributed by atoms with E-state index in [9.17, 15) is 26.7 Å². The third-order valence-corrected chi connectivity index (χ3v) is 5.24. The summed E-state index contributed by atoms with van der Waals surface area (Å²) in [5.41, 5.74) is -1.57. The first kappa shape index (κ1) is 26.1. The molecule has 0 spiro atoms. The maximum Gasteiger partial charge on any atom is 0.416 e. The van der Waals surface area contributed by atoms with Gasteiger partial charge in [0.2, 0.25) is 5.95 Å². The Bertz CT molecular complexity index is 1260. The Morgan fingerprint density at radius 2 is 1.62 bits per heavy atom. The van der Waals surface area contributed by atoms with Crippen molar-refractivity contribution in [3.63, 3.8) is 0 Å². The second kappa shape index (κ2) is 9.82. The van der Waals surface area contributed by atoms with Gasteiger partial charge in [-0.3, -0.25) is 0 Å². The monoisotopic (exact) mass is 525 g/mol. The van der Waals surface area contributed by atoms with Gasteiger partial charge in [-0.05, 0) is 45.0 Å². The largest absolute Gasteiger partial charge is 0.444 e. The minimum atomic E-state index is -4.65. The number of hydrogen-bond donors (Lipinski definition) is 1. The number of rotatable bonds is 4. The molecule has 2 aromatic heterocycles. The highest BCUT2D eigenvalue weighted by atomic mass is 19.4. The van der Waals surface area contributed by atoms with Gasteiger partial charge in [-0.25, -0.2) is 23.2 Å². The molecule has 1 saturated heterocycles. The first-order chi connectivity index (χ1) is 17.3. The SMILES string of the molecule is CC(C)(C)OC(=O)N1CCN(c2cc(C(F)(F)F)cc(Nc3ncn(-c4cc(F)cc(F)c4)n3)n2)CC1. The Morgan fingerprint density at radius 3 is 2.22 bits per heavy atom. The summed E-state index contributed by atoms with van der Waals surface area (Å²) in [4.78, 5) is 23.6. The van der Waals surface area contributed by atoms with Crippen molar-refractivity contribution in [1.29, 1.82) is 0 Å². The number of benzene rings is 1. The number of halogens is 5. The molecule has 0 aliphatic carbocycles. The normalized spacial score (nSPS) is 14.6. The van der Waals surface area contributed by atoms with Gasteiger partial charge in [0.1, 0.15) is 35.2 Å². The second-order valence-electron chi connectivity index (χ2n) is 9.32. The van der Waals surface area contributed by atoms with Crippen LogP contribution >= 0.6 is 0 Å². The molecule has 1 aliphatic rings. The molecule has 14 heteroatoms. The third-order valence-electron chi connectivity index (χ3n) is 5.24. The van der Waals surface area contributed by atoms with Gasteiger partial charge >= 0.3 is 12.3 Å².